The van der Waals surface area contributed by atoms with Gasteiger partial charge in [0, 0.05) is 6.04 Å². The maximum Gasteiger partial charge on any atom is 0.0120 e. The zero-order valence-electron chi connectivity index (χ0n) is 11.7. The van der Waals surface area contributed by atoms with Gasteiger partial charge in [-0.2, -0.15) is 0 Å². The van der Waals surface area contributed by atoms with Crippen LogP contribution in [0.1, 0.15) is 58.3 Å². The van der Waals surface area contributed by atoms with E-state index < -0.39 is 0 Å². The van der Waals surface area contributed by atoms with Crippen molar-refractivity contribution < 1.29 is 0 Å². The third-order valence-corrected chi connectivity index (χ3v) is 4.50. The summed E-state index contributed by atoms with van der Waals surface area (Å²) >= 11 is 0. The second-order valence-corrected chi connectivity index (χ2v) is 5.88. The molecular weight excluding hydrogens is 208 g/mol. The molecule has 2 aliphatic heterocycles. The fourth-order valence-corrected chi connectivity index (χ4v) is 3.46. The van der Waals surface area contributed by atoms with Gasteiger partial charge in [0.1, 0.15) is 0 Å². The number of hydrogen-bond donors (Lipinski definition) is 0. The van der Waals surface area contributed by atoms with E-state index in [1.54, 1.807) is 0 Å². The van der Waals surface area contributed by atoms with Crippen LogP contribution in [0.3, 0.4) is 0 Å². The summed E-state index contributed by atoms with van der Waals surface area (Å²) in [5, 5.41) is 0. The van der Waals surface area contributed by atoms with E-state index in [2.05, 4.69) is 16.7 Å². The predicted octanol–water partition coefficient (Wildman–Crippen LogP) is 3.13. The molecule has 0 saturated carbocycles. The molecule has 0 aromatic carbocycles. The second-order valence-electron chi connectivity index (χ2n) is 5.88. The summed E-state index contributed by atoms with van der Waals surface area (Å²) < 4.78 is 0. The molecule has 2 rings (SSSR count). The topological polar surface area (TPSA) is 6.48 Å². The number of hydrogen-bond acceptors (Lipinski definition) is 2. The summed E-state index contributed by atoms with van der Waals surface area (Å²) in [4.78, 5) is 5.46. The molecule has 0 aromatic heterocycles. The van der Waals surface area contributed by atoms with Gasteiger partial charge in [0.25, 0.3) is 0 Å². The Bertz CT molecular complexity index is 189. The summed E-state index contributed by atoms with van der Waals surface area (Å²) in [6.45, 7) is 9.04. The molecule has 0 N–H and O–H groups in total. The van der Waals surface area contributed by atoms with Crippen molar-refractivity contribution >= 4 is 0 Å². The van der Waals surface area contributed by atoms with E-state index in [9.17, 15) is 0 Å². The van der Waals surface area contributed by atoms with Crippen molar-refractivity contribution in [2.24, 2.45) is 0 Å². The summed E-state index contributed by atoms with van der Waals surface area (Å²) in [6.07, 6.45) is 11.4. The highest BCUT2D eigenvalue weighted by molar-refractivity contribution is 4.80. The van der Waals surface area contributed by atoms with Gasteiger partial charge < -0.3 is 9.80 Å². The Labute approximate surface area is 107 Å². The molecule has 0 atom stereocenters. The quantitative estimate of drug-likeness (QED) is 0.745. The first-order chi connectivity index (χ1) is 8.40. The Morgan fingerprint density at radius 2 is 1.41 bits per heavy atom. The SMILES string of the molecule is CCCN1CCC(N2CCCCCCC2)CC1. The summed E-state index contributed by atoms with van der Waals surface area (Å²) in [6, 6.07) is 0.904. The lowest BCUT2D eigenvalue weighted by atomic mass is 10.00. The second kappa shape index (κ2) is 7.38. The first kappa shape index (κ1) is 13.4. The molecule has 0 spiro atoms. The third kappa shape index (κ3) is 4.26. The van der Waals surface area contributed by atoms with Gasteiger partial charge in [0.15, 0.2) is 0 Å². The molecule has 17 heavy (non-hydrogen) atoms. The number of piperidine rings is 1. The molecule has 0 aromatic rings. The number of likely N-dealkylation sites (tertiary alicyclic amines) is 2. The highest BCUT2D eigenvalue weighted by atomic mass is 15.2. The zero-order valence-corrected chi connectivity index (χ0v) is 11.7. The van der Waals surface area contributed by atoms with Crippen molar-refractivity contribution in [3.8, 4) is 0 Å². The van der Waals surface area contributed by atoms with Gasteiger partial charge in [-0.3, -0.25) is 0 Å². The molecule has 0 aliphatic carbocycles. The van der Waals surface area contributed by atoms with E-state index in [-0.39, 0.29) is 0 Å². The van der Waals surface area contributed by atoms with Gasteiger partial charge in [-0.05, 0) is 64.8 Å². The molecule has 0 bridgehead atoms. The van der Waals surface area contributed by atoms with Crippen LogP contribution in [0.25, 0.3) is 0 Å². The first-order valence-corrected chi connectivity index (χ1v) is 7.86. The fourth-order valence-electron chi connectivity index (χ4n) is 3.46. The third-order valence-electron chi connectivity index (χ3n) is 4.50. The molecule has 2 heteroatoms. The molecule has 2 nitrogen and oxygen atoms in total. The van der Waals surface area contributed by atoms with Crippen molar-refractivity contribution in [2.75, 3.05) is 32.7 Å². The van der Waals surface area contributed by atoms with Crippen LogP contribution >= 0.6 is 0 Å². The largest absolute Gasteiger partial charge is 0.303 e. The van der Waals surface area contributed by atoms with Crippen LogP contribution in [-0.4, -0.2) is 48.6 Å². The average Bonchev–Trinajstić information content (AvgIpc) is 2.30. The van der Waals surface area contributed by atoms with E-state index in [4.69, 9.17) is 0 Å². The number of rotatable bonds is 3. The molecule has 2 heterocycles. The first-order valence-electron chi connectivity index (χ1n) is 7.86. The van der Waals surface area contributed by atoms with Crippen LogP contribution in [0.5, 0.6) is 0 Å². The van der Waals surface area contributed by atoms with Crippen molar-refractivity contribution in [3.63, 3.8) is 0 Å². The molecule has 100 valence electrons. The predicted molar refractivity (Wildman–Crippen MR) is 74.4 cm³/mol. The fraction of sp³-hybridized carbons (Fsp3) is 1.00. The molecule has 0 amide bonds. The van der Waals surface area contributed by atoms with E-state index in [0.717, 1.165) is 6.04 Å². The monoisotopic (exact) mass is 238 g/mol. The maximum absolute atomic E-state index is 2.81. The maximum atomic E-state index is 2.81. The van der Waals surface area contributed by atoms with Crippen LogP contribution in [-0.2, 0) is 0 Å². The van der Waals surface area contributed by atoms with Crippen molar-refractivity contribution in [1.82, 2.24) is 9.80 Å². The van der Waals surface area contributed by atoms with Crippen LogP contribution in [0.15, 0.2) is 0 Å². The molecule has 0 unspecified atom stereocenters. The highest BCUT2D eigenvalue weighted by Crippen LogP contribution is 2.20. The van der Waals surface area contributed by atoms with E-state index >= 15 is 0 Å². The van der Waals surface area contributed by atoms with Crippen molar-refractivity contribution in [2.45, 2.75) is 64.3 Å². The lowest BCUT2D eigenvalue weighted by molar-refractivity contribution is 0.101. The van der Waals surface area contributed by atoms with Gasteiger partial charge in [-0.1, -0.05) is 26.2 Å². The Morgan fingerprint density at radius 1 is 0.824 bits per heavy atom. The van der Waals surface area contributed by atoms with Crippen LogP contribution in [0.2, 0.25) is 0 Å². The van der Waals surface area contributed by atoms with E-state index in [1.165, 1.54) is 84.1 Å². The standard InChI is InChI=1S/C15H30N2/c1-2-10-16-13-8-15(9-14-16)17-11-6-4-3-5-7-12-17/h15H,2-14H2,1H3. The lowest BCUT2D eigenvalue weighted by Crippen LogP contribution is -2.46. The van der Waals surface area contributed by atoms with Gasteiger partial charge in [-0.15, -0.1) is 0 Å². The highest BCUT2D eigenvalue weighted by Gasteiger charge is 2.23. The smallest absolute Gasteiger partial charge is 0.0120 e. The Balaban J connectivity index is 1.74. The van der Waals surface area contributed by atoms with Gasteiger partial charge >= 0.3 is 0 Å². The van der Waals surface area contributed by atoms with Crippen molar-refractivity contribution in [3.05, 3.63) is 0 Å². The summed E-state index contributed by atoms with van der Waals surface area (Å²) in [7, 11) is 0. The van der Waals surface area contributed by atoms with Gasteiger partial charge in [0.2, 0.25) is 0 Å². The molecule has 2 aliphatic rings. The molecular formula is C15H30N2. The van der Waals surface area contributed by atoms with Gasteiger partial charge in [0.05, 0.1) is 0 Å². The molecule has 0 radical (unpaired) electrons. The Morgan fingerprint density at radius 3 is 2.00 bits per heavy atom. The Kier molecular flexibility index (Phi) is 5.79. The van der Waals surface area contributed by atoms with Gasteiger partial charge in [-0.25, -0.2) is 0 Å². The minimum absolute atomic E-state index is 0.904. The summed E-state index contributed by atoms with van der Waals surface area (Å²) in [5.41, 5.74) is 0. The van der Waals surface area contributed by atoms with Crippen LogP contribution in [0, 0.1) is 0 Å². The van der Waals surface area contributed by atoms with E-state index in [0.29, 0.717) is 0 Å². The van der Waals surface area contributed by atoms with E-state index in [1.807, 2.05) is 0 Å². The minimum atomic E-state index is 0.904. The van der Waals surface area contributed by atoms with Crippen LogP contribution in [0.4, 0.5) is 0 Å². The zero-order chi connectivity index (χ0) is 11.9. The molecule has 2 saturated heterocycles. The average molecular weight is 238 g/mol. The summed E-state index contributed by atoms with van der Waals surface area (Å²) in [5.74, 6) is 0. The van der Waals surface area contributed by atoms with Crippen LogP contribution < -0.4 is 0 Å². The minimum Gasteiger partial charge on any atom is -0.303 e. The van der Waals surface area contributed by atoms with Crippen molar-refractivity contribution in [1.29, 1.82) is 0 Å². The normalized spacial score (nSPS) is 26.6. The Hall–Kier alpha value is -0.0800. The molecule has 2 fully saturated rings. The lowest BCUT2D eigenvalue weighted by Gasteiger charge is -2.39. The number of nitrogens with zero attached hydrogens (tertiary/aromatic N) is 2.